The normalized spacial score (nSPS) is 19.0. The number of benzene rings is 1. The molecular formula is C20H26FN7O. The van der Waals surface area contributed by atoms with E-state index in [9.17, 15) is 9.18 Å². The van der Waals surface area contributed by atoms with E-state index in [0.717, 1.165) is 31.9 Å². The van der Waals surface area contributed by atoms with Gasteiger partial charge in [0.15, 0.2) is 0 Å². The molecule has 4 rings (SSSR count). The predicted molar refractivity (Wildman–Crippen MR) is 111 cm³/mol. The Bertz CT molecular complexity index is 874. The Labute approximate surface area is 169 Å². The molecule has 0 aliphatic carbocycles. The van der Waals surface area contributed by atoms with Crippen molar-refractivity contribution < 1.29 is 9.18 Å². The van der Waals surface area contributed by atoms with Crippen molar-refractivity contribution in [2.75, 3.05) is 48.8 Å². The van der Waals surface area contributed by atoms with Gasteiger partial charge in [0.05, 0.1) is 0 Å². The van der Waals surface area contributed by atoms with E-state index in [0.29, 0.717) is 30.3 Å². The quantitative estimate of drug-likeness (QED) is 0.691. The van der Waals surface area contributed by atoms with E-state index >= 15 is 0 Å². The van der Waals surface area contributed by atoms with Gasteiger partial charge in [0.1, 0.15) is 11.6 Å². The Hall–Kier alpha value is -2.94. The second-order valence-electron chi connectivity index (χ2n) is 7.45. The summed E-state index contributed by atoms with van der Waals surface area (Å²) in [6.45, 7) is 4.12. The standard InChI is InChI=1S/C20H26FN7O/c1-22-19-23-7-5-18(26-19)28-10-6-16(13-28)25-20(29)24-15-4-3-14(17(21)11-15)12-27-8-2-9-27/h3-5,7,11,16H,2,6,8-10,12-13H2,1H3,(H,22,23,26)(H2,24,25,29). The summed E-state index contributed by atoms with van der Waals surface area (Å²) < 4.78 is 14.3. The van der Waals surface area contributed by atoms with Crippen LogP contribution in [0.15, 0.2) is 30.5 Å². The zero-order valence-corrected chi connectivity index (χ0v) is 16.5. The monoisotopic (exact) mass is 399 g/mol. The molecule has 3 heterocycles. The third-order valence-electron chi connectivity index (χ3n) is 5.37. The average molecular weight is 399 g/mol. The number of amides is 2. The molecule has 0 radical (unpaired) electrons. The van der Waals surface area contributed by atoms with Gasteiger partial charge in [-0.3, -0.25) is 4.90 Å². The highest BCUT2D eigenvalue weighted by Gasteiger charge is 2.25. The van der Waals surface area contributed by atoms with Gasteiger partial charge in [-0.2, -0.15) is 4.98 Å². The first-order valence-electron chi connectivity index (χ1n) is 9.95. The zero-order valence-electron chi connectivity index (χ0n) is 16.5. The minimum absolute atomic E-state index is 0.00135. The molecule has 3 N–H and O–H groups in total. The molecule has 9 heteroatoms. The van der Waals surface area contributed by atoms with Crippen molar-refractivity contribution in [1.82, 2.24) is 20.2 Å². The fourth-order valence-electron chi connectivity index (χ4n) is 3.62. The summed E-state index contributed by atoms with van der Waals surface area (Å²) in [4.78, 5) is 25.2. The molecule has 2 aliphatic rings. The van der Waals surface area contributed by atoms with Gasteiger partial charge in [0.2, 0.25) is 5.95 Å². The highest BCUT2D eigenvalue weighted by atomic mass is 19.1. The first kappa shape index (κ1) is 19.4. The van der Waals surface area contributed by atoms with Gasteiger partial charge in [-0.05, 0) is 44.1 Å². The van der Waals surface area contributed by atoms with Crippen LogP contribution in [0.25, 0.3) is 0 Å². The fraction of sp³-hybridized carbons (Fsp3) is 0.450. The number of hydrogen-bond acceptors (Lipinski definition) is 6. The number of hydrogen-bond donors (Lipinski definition) is 3. The lowest BCUT2D eigenvalue weighted by molar-refractivity contribution is 0.170. The van der Waals surface area contributed by atoms with Crippen LogP contribution < -0.4 is 20.9 Å². The topological polar surface area (TPSA) is 85.4 Å². The van der Waals surface area contributed by atoms with E-state index in [1.165, 1.54) is 12.5 Å². The molecule has 2 amide bonds. The maximum absolute atomic E-state index is 14.3. The highest BCUT2D eigenvalue weighted by molar-refractivity contribution is 5.89. The summed E-state index contributed by atoms with van der Waals surface area (Å²) in [5.74, 6) is 1.11. The zero-order chi connectivity index (χ0) is 20.2. The Morgan fingerprint density at radius 1 is 1.28 bits per heavy atom. The third-order valence-corrected chi connectivity index (χ3v) is 5.37. The van der Waals surface area contributed by atoms with Crippen LogP contribution in [0.5, 0.6) is 0 Å². The molecule has 1 aromatic carbocycles. The number of nitrogens with zero attached hydrogens (tertiary/aromatic N) is 4. The maximum Gasteiger partial charge on any atom is 0.319 e. The average Bonchev–Trinajstić information content (AvgIpc) is 3.14. The number of rotatable bonds is 6. The lowest BCUT2D eigenvalue weighted by Crippen LogP contribution is -2.39. The molecule has 1 unspecified atom stereocenters. The van der Waals surface area contributed by atoms with Crippen LogP contribution in [-0.2, 0) is 6.54 Å². The summed E-state index contributed by atoms with van der Waals surface area (Å²) in [7, 11) is 1.78. The number of nitrogens with one attached hydrogen (secondary N) is 3. The molecule has 2 fully saturated rings. The van der Waals surface area contributed by atoms with Crippen LogP contribution in [0.3, 0.4) is 0 Å². The summed E-state index contributed by atoms with van der Waals surface area (Å²) in [5.41, 5.74) is 1.12. The number of urea groups is 1. The second kappa shape index (κ2) is 8.60. The Morgan fingerprint density at radius 3 is 2.86 bits per heavy atom. The smallest absolute Gasteiger partial charge is 0.319 e. The molecule has 2 aliphatic heterocycles. The lowest BCUT2D eigenvalue weighted by Gasteiger charge is -2.30. The first-order chi connectivity index (χ1) is 14.1. The molecule has 1 aromatic heterocycles. The van der Waals surface area contributed by atoms with Gasteiger partial charge in [-0.25, -0.2) is 14.2 Å². The van der Waals surface area contributed by atoms with E-state index in [-0.39, 0.29) is 17.9 Å². The van der Waals surface area contributed by atoms with Crippen LogP contribution in [0, 0.1) is 5.82 Å². The van der Waals surface area contributed by atoms with E-state index in [1.54, 1.807) is 25.4 Å². The molecular weight excluding hydrogens is 373 g/mol. The van der Waals surface area contributed by atoms with Crippen molar-refractivity contribution in [1.29, 1.82) is 0 Å². The van der Waals surface area contributed by atoms with Crippen molar-refractivity contribution >= 4 is 23.5 Å². The largest absolute Gasteiger partial charge is 0.357 e. The highest BCUT2D eigenvalue weighted by Crippen LogP contribution is 2.20. The molecule has 1 atom stereocenters. The third kappa shape index (κ3) is 4.73. The molecule has 2 aromatic rings. The number of carbonyl (C=O) groups is 1. The number of anilines is 3. The summed E-state index contributed by atoms with van der Waals surface area (Å²) in [6, 6.07) is 6.40. The molecule has 2 saturated heterocycles. The first-order valence-corrected chi connectivity index (χ1v) is 9.95. The number of aromatic nitrogens is 2. The van der Waals surface area contributed by atoms with Gasteiger partial charge in [-0.15, -0.1) is 0 Å². The van der Waals surface area contributed by atoms with Crippen LogP contribution in [0.2, 0.25) is 0 Å². The summed E-state index contributed by atoms with van der Waals surface area (Å²) >= 11 is 0. The van der Waals surface area contributed by atoms with E-state index in [4.69, 9.17) is 0 Å². The second-order valence-corrected chi connectivity index (χ2v) is 7.45. The molecule has 8 nitrogen and oxygen atoms in total. The van der Waals surface area contributed by atoms with E-state index < -0.39 is 0 Å². The summed E-state index contributed by atoms with van der Waals surface area (Å²) in [5, 5.41) is 8.62. The molecule has 154 valence electrons. The summed E-state index contributed by atoms with van der Waals surface area (Å²) in [6.07, 6.45) is 3.70. The van der Waals surface area contributed by atoms with Crippen molar-refractivity contribution in [2.24, 2.45) is 0 Å². The predicted octanol–water partition coefficient (Wildman–Crippen LogP) is 2.26. The Morgan fingerprint density at radius 2 is 2.14 bits per heavy atom. The van der Waals surface area contributed by atoms with Crippen molar-refractivity contribution in [3.8, 4) is 0 Å². The van der Waals surface area contributed by atoms with Gasteiger partial charge in [0, 0.05) is 50.2 Å². The van der Waals surface area contributed by atoms with Crippen LogP contribution in [-0.4, -0.2) is 60.2 Å². The van der Waals surface area contributed by atoms with Gasteiger partial charge >= 0.3 is 6.03 Å². The van der Waals surface area contributed by atoms with Gasteiger partial charge in [-0.1, -0.05) is 6.07 Å². The fourth-order valence-corrected chi connectivity index (χ4v) is 3.62. The maximum atomic E-state index is 14.3. The Balaban J connectivity index is 1.29. The van der Waals surface area contributed by atoms with Crippen LogP contribution >= 0.6 is 0 Å². The number of carbonyl (C=O) groups excluding carboxylic acids is 1. The van der Waals surface area contributed by atoms with Crippen molar-refractivity contribution in [3.63, 3.8) is 0 Å². The van der Waals surface area contributed by atoms with Crippen molar-refractivity contribution in [2.45, 2.75) is 25.4 Å². The molecule has 0 saturated carbocycles. The van der Waals surface area contributed by atoms with Gasteiger partial charge in [0.25, 0.3) is 0 Å². The SMILES string of the molecule is CNc1nccc(N2CCC(NC(=O)Nc3ccc(CN4CCC4)c(F)c3)C2)n1. The van der Waals surface area contributed by atoms with E-state index in [2.05, 4.69) is 35.7 Å². The van der Waals surface area contributed by atoms with Crippen LogP contribution in [0.1, 0.15) is 18.4 Å². The van der Waals surface area contributed by atoms with Gasteiger partial charge < -0.3 is 20.9 Å². The minimum atomic E-state index is -0.328. The van der Waals surface area contributed by atoms with E-state index in [1.807, 2.05) is 6.07 Å². The number of halogens is 1. The minimum Gasteiger partial charge on any atom is -0.357 e. The molecule has 0 spiro atoms. The van der Waals surface area contributed by atoms with Crippen LogP contribution in [0.4, 0.5) is 26.6 Å². The molecule has 29 heavy (non-hydrogen) atoms. The van der Waals surface area contributed by atoms with Crippen molar-refractivity contribution in [3.05, 3.63) is 41.8 Å². The lowest BCUT2D eigenvalue weighted by atomic mass is 10.1. The Kier molecular flexibility index (Phi) is 5.75. The molecule has 0 bridgehead atoms. The number of likely N-dealkylation sites (tertiary alicyclic amines) is 1.